The summed E-state index contributed by atoms with van der Waals surface area (Å²) in [5, 5.41) is 4.53. The normalized spacial score (nSPS) is 11.2. The van der Waals surface area contributed by atoms with E-state index in [1.54, 1.807) is 12.1 Å². The molecule has 0 aliphatic heterocycles. The van der Waals surface area contributed by atoms with Crippen molar-refractivity contribution in [2.24, 2.45) is 5.10 Å². The van der Waals surface area contributed by atoms with E-state index in [1.165, 1.54) is 6.21 Å². The minimum absolute atomic E-state index is 0.140. The molecule has 0 spiro atoms. The minimum atomic E-state index is -0.346. The van der Waals surface area contributed by atoms with Crippen molar-refractivity contribution in [3.05, 3.63) is 68.7 Å². The van der Waals surface area contributed by atoms with Crippen LogP contribution in [0.1, 0.15) is 16.7 Å². The van der Waals surface area contributed by atoms with Crippen LogP contribution in [-0.2, 0) is 4.79 Å². The summed E-state index contributed by atoms with van der Waals surface area (Å²) in [6, 6.07) is 11.6. The monoisotopic (exact) mass is 420 g/mol. The van der Waals surface area contributed by atoms with Gasteiger partial charge in [0.15, 0.2) is 6.61 Å². The molecular weight excluding hydrogens is 404 g/mol. The molecular formula is C19H18BrClN2O2. The van der Waals surface area contributed by atoms with Gasteiger partial charge in [-0.2, -0.15) is 5.10 Å². The number of ether oxygens (including phenoxy) is 1. The summed E-state index contributed by atoms with van der Waals surface area (Å²) in [7, 11) is 0. The number of benzene rings is 2. The molecule has 0 bridgehead atoms. The van der Waals surface area contributed by atoms with Gasteiger partial charge in [0.2, 0.25) is 0 Å². The van der Waals surface area contributed by atoms with E-state index < -0.39 is 0 Å². The molecule has 0 saturated heterocycles. The summed E-state index contributed by atoms with van der Waals surface area (Å²) in [6.45, 7) is 3.63. The molecule has 25 heavy (non-hydrogen) atoms. The van der Waals surface area contributed by atoms with E-state index in [2.05, 4.69) is 26.5 Å². The highest BCUT2D eigenvalue weighted by Gasteiger charge is 2.12. The lowest BCUT2D eigenvalue weighted by molar-refractivity contribution is -0.123. The predicted molar refractivity (Wildman–Crippen MR) is 106 cm³/mol. The van der Waals surface area contributed by atoms with Gasteiger partial charge in [-0.05, 0) is 58.6 Å². The maximum Gasteiger partial charge on any atom is 0.277 e. The molecule has 0 fully saturated rings. The molecule has 0 aromatic heterocycles. The topological polar surface area (TPSA) is 50.7 Å². The van der Waals surface area contributed by atoms with Gasteiger partial charge in [0.1, 0.15) is 5.75 Å². The van der Waals surface area contributed by atoms with Gasteiger partial charge in [0.05, 0.1) is 4.47 Å². The molecule has 2 rings (SSSR count). The molecule has 0 aliphatic carbocycles. The number of amides is 1. The molecule has 2 aromatic rings. The predicted octanol–water partition coefficient (Wildman–Crippen LogP) is 4.91. The van der Waals surface area contributed by atoms with Crippen LogP contribution in [-0.4, -0.2) is 18.7 Å². The molecule has 0 saturated carbocycles. The molecule has 0 atom stereocenters. The van der Waals surface area contributed by atoms with Crippen LogP contribution in [0, 0.1) is 13.8 Å². The van der Waals surface area contributed by atoms with E-state index in [0.29, 0.717) is 10.8 Å². The first-order valence-electron chi connectivity index (χ1n) is 7.60. The fourth-order valence-electron chi connectivity index (χ4n) is 2.05. The molecule has 130 valence electrons. The highest BCUT2D eigenvalue weighted by molar-refractivity contribution is 9.10. The number of allylic oxidation sites excluding steroid dienone is 1. The Kier molecular flexibility index (Phi) is 7.22. The number of hydrazone groups is 1. The lowest BCUT2D eigenvalue weighted by Crippen LogP contribution is -2.24. The number of carbonyl (C=O) groups excluding carboxylic acids is 1. The van der Waals surface area contributed by atoms with E-state index >= 15 is 0 Å². The summed E-state index contributed by atoms with van der Waals surface area (Å²) in [5.41, 5.74) is 5.24. The van der Waals surface area contributed by atoms with Gasteiger partial charge in [0, 0.05) is 11.2 Å². The fourth-order valence-corrected chi connectivity index (χ4v) is 2.74. The largest absolute Gasteiger partial charge is 0.483 e. The summed E-state index contributed by atoms with van der Waals surface area (Å²) >= 11 is 9.60. The molecule has 0 radical (unpaired) electrons. The number of nitrogens with zero attached hydrogens (tertiary/aromatic N) is 1. The smallest absolute Gasteiger partial charge is 0.277 e. The number of hydrogen-bond acceptors (Lipinski definition) is 3. The Morgan fingerprint density at radius 2 is 2.04 bits per heavy atom. The van der Waals surface area contributed by atoms with E-state index in [4.69, 9.17) is 16.3 Å². The van der Waals surface area contributed by atoms with Crippen molar-refractivity contribution in [2.45, 2.75) is 13.8 Å². The number of halogens is 2. The Morgan fingerprint density at radius 3 is 2.76 bits per heavy atom. The molecule has 6 heteroatoms. The van der Waals surface area contributed by atoms with Gasteiger partial charge in [-0.1, -0.05) is 48.0 Å². The third kappa shape index (κ3) is 5.73. The average molecular weight is 422 g/mol. The summed E-state index contributed by atoms with van der Waals surface area (Å²) < 4.78 is 6.27. The van der Waals surface area contributed by atoms with Crippen LogP contribution < -0.4 is 10.2 Å². The first-order chi connectivity index (χ1) is 12.0. The van der Waals surface area contributed by atoms with Crippen LogP contribution in [0.3, 0.4) is 0 Å². The van der Waals surface area contributed by atoms with Gasteiger partial charge < -0.3 is 4.74 Å². The molecule has 0 aliphatic rings. The van der Waals surface area contributed by atoms with Crippen molar-refractivity contribution in [3.63, 3.8) is 0 Å². The highest BCUT2D eigenvalue weighted by atomic mass is 79.9. The number of carbonyl (C=O) groups is 1. The second kappa shape index (κ2) is 9.39. The molecule has 4 nitrogen and oxygen atoms in total. The maximum atomic E-state index is 11.8. The van der Waals surface area contributed by atoms with Crippen molar-refractivity contribution in [1.29, 1.82) is 0 Å². The number of nitrogens with one attached hydrogen (secondary N) is 1. The molecule has 2 aromatic carbocycles. The molecule has 1 N–H and O–H groups in total. The van der Waals surface area contributed by atoms with Crippen LogP contribution in [0.4, 0.5) is 0 Å². The standard InChI is InChI=1S/C19H18BrClN2O2/c1-13-11-16(18(20)14(2)19(13)21)25-12-17(24)23-22-10-6-9-15-7-4-3-5-8-15/h3-11H,12H2,1-2H3,(H,23,24)/b9-6+,22-10+. The van der Waals surface area contributed by atoms with E-state index in [0.717, 1.165) is 21.2 Å². The summed E-state index contributed by atoms with van der Waals surface area (Å²) in [6.07, 6.45) is 5.15. The Labute approximate surface area is 160 Å². The van der Waals surface area contributed by atoms with Crippen LogP contribution in [0.5, 0.6) is 5.75 Å². The first kappa shape index (κ1) is 19.2. The quantitative estimate of drug-likeness (QED) is 0.532. The SMILES string of the molecule is Cc1cc(OCC(=O)N/N=C/C=C/c2ccccc2)c(Br)c(C)c1Cl. The maximum absolute atomic E-state index is 11.8. The summed E-state index contributed by atoms with van der Waals surface area (Å²) in [5.74, 6) is 0.226. The van der Waals surface area contributed by atoms with Gasteiger partial charge >= 0.3 is 0 Å². The first-order valence-corrected chi connectivity index (χ1v) is 8.77. The van der Waals surface area contributed by atoms with E-state index in [9.17, 15) is 4.79 Å². The van der Waals surface area contributed by atoms with Crippen LogP contribution in [0.15, 0.2) is 52.0 Å². The third-order valence-electron chi connectivity index (χ3n) is 3.37. The zero-order chi connectivity index (χ0) is 18.2. The van der Waals surface area contributed by atoms with Gasteiger partial charge in [0.25, 0.3) is 5.91 Å². The Balaban J connectivity index is 1.83. The Morgan fingerprint density at radius 1 is 1.32 bits per heavy atom. The number of aryl methyl sites for hydroxylation is 1. The number of hydrogen-bond donors (Lipinski definition) is 1. The van der Waals surface area contributed by atoms with E-state index in [1.807, 2.05) is 50.3 Å². The van der Waals surface area contributed by atoms with Crippen molar-refractivity contribution < 1.29 is 9.53 Å². The molecule has 1 amide bonds. The Bertz CT molecular complexity index is 805. The molecule has 0 heterocycles. The fraction of sp³-hybridized carbons (Fsp3) is 0.158. The van der Waals surface area contributed by atoms with Crippen molar-refractivity contribution >= 4 is 45.7 Å². The molecule has 0 unspecified atom stereocenters. The van der Waals surface area contributed by atoms with Gasteiger partial charge in [-0.15, -0.1) is 0 Å². The van der Waals surface area contributed by atoms with Crippen molar-refractivity contribution in [2.75, 3.05) is 6.61 Å². The minimum Gasteiger partial charge on any atom is -0.483 e. The van der Waals surface area contributed by atoms with Crippen LogP contribution in [0.25, 0.3) is 6.08 Å². The van der Waals surface area contributed by atoms with Crippen molar-refractivity contribution in [3.8, 4) is 5.75 Å². The summed E-state index contributed by atoms with van der Waals surface area (Å²) in [4.78, 5) is 11.8. The van der Waals surface area contributed by atoms with Gasteiger partial charge in [-0.25, -0.2) is 5.43 Å². The lowest BCUT2D eigenvalue weighted by Gasteiger charge is -2.12. The van der Waals surface area contributed by atoms with Crippen LogP contribution >= 0.6 is 27.5 Å². The second-order valence-corrected chi connectivity index (χ2v) is 6.49. The average Bonchev–Trinajstić information content (AvgIpc) is 2.62. The Hall–Kier alpha value is -2.11. The highest BCUT2D eigenvalue weighted by Crippen LogP contribution is 2.35. The van der Waals surface area contributed by atoms with Crippen molar-refractivity contribution in [1.82, 2.24) is 5.43 Å². The third-order valence-corrected chi connectivity index (χ3v) is 4.93. The lowest BCUT2D eigenvalue weighted by atomic mass is 10.1. The zero-order valence-corrected chi connectivity index (χ0v) is 16.3. The zero-order valence-electron chi connectivity index (χ0n) is 13.9. The van der Waals surface area contributed by atoms with Crippen LogP contribution in [0.2, 0.25) is 5.02 Å². The second-order valence-electron chi connectivity index (χ2n) is 5.32. The van der Waals surface area contributed by atoms with E-state index in [-0.39, 0.29) is 12.5 Å². The number of rotatable bonds is 6. The van der Waals surface area contributed by atoms with Gasteiger partial charge in [-0.3, -0.25) is 4.79 Å².